The minimum atomic E-state index is -0.585. The first-order valence-corrected chi connectivity index (χ1v) is 12.0. The van der Waals surface area contributed by atoms with E-state index in [9.17, 15) is 14.4 Å². The lowest BCUT2D eigenvalue weighted by Crippen LogP contribution is -2.49. The molecular weight excluding hydrogens is 434 g/mol. The molecule has 1 atom stereocenters. The molecular formula is C25H37N5O4. The molecule has 0 aliphatic carbocycles. The monoisotopic (exact) mass is 471 g/mol. The molecule has 0 saturated carbocycles. The molecule has 3 rings (SSSR count). The van der Waals surface area contributed by atoms with Gasteiger partial charge in [0.15, 0.2) is 0 Å². The van der Waals surface area contributed by atoms with Gasteiger partial charge in [-0.25, -0.2) is 14.4 Å². The van der Waals surface area contributed by atoms with Crippen LogP contribution >= 0.6 is 0 Å². The second-order valence-corrected chi connectivity index (χ2v) is 9.16. The summed E-state index contributed by atoms with van der Waals surface area (Å²) in [6.45, 7) is 11.0. The van der Waals surface area contributed by atoms with E-state index >= 15 is 0 Å². The number of carbonyl (C=O) groups is 3. The molecule has 1 saturated heterocycles. The van der Waals surface area contributed by atoms with Crippen molar-refractivity contribution in [3.8, 4) is 0 Å². The van der Waals surface area contributed by atoms with Crippen molar-refractivity contribution < 1.29 is 19.1 Å². The Morgan fingerprint density at radius 2 is 1.97 bits per heavy atom. The van der Waals surface area contributed by atoms with Crippen LogP contribution in [0.4, 0.5) is 9.59 Å². The number of nitrogens with zero attached hydrogens (tertiary/aromatic N) is 3. The highest BCUT2D eigenvalue weighted by molar-refractivity contribution is 5.95. The highest BCUT2D eigenvalue weighted by Crippen LogP contribution is 2.32. The van der Waals surface area contributed by atoms with Gasteiger partial charge in [-0.15, -0.1) is 0 Å². The predicted molar refractivity (Wildman–Crippen MR) is 130 cm³/mol. The molecule has 2 N–H and O–H groups in total. The third-order valence-corrected chi connectivity index (χ3v) is 6.11. The maximum Gasteiger partial charge on any atom is 0.338 e. The number of ether oxygens (including phenoxy) is 1. The van der Waals surface area contributed by atoms with Crippen molar-refractivity contribution in [3.63, 3.8) is 0 Å². The van der Waals surface area contributed by atoms with Crippen LogP contribution < -0.4 is 10.6 Å². The van der Waals surface area contributed by atoms with E-state index < -0.39 is 12.0 Å². The van der Waals surface area contributed by atoms with Gasteiger partial charge in [0.2, 0.25) is 0 Å². The summed E-state index contributed by atoms with van der Waals surface area (Å²) in [5.74, 6) is -0.427. The normalized spacial score (nSPS) is 19.7. The van der Waals surface area contributed by atoms with Crippen LogP contribution in [0.5, 0.6) is 0 Å². The summed E-state index contributed by atoms with van der Waals surface area (Å²) in [6.07, 6.45) is 0.810. The zero-order valence-corrected chi connectivity index (χ0v) is 20.9. The third-order valence-electron chi connectivity index (χ3n) is 6.11. The highest BCUT2D eigenvalue weighted by Gasteiger charge is 2.37. The first-order valence-electron chi connectivity index (χ1n) is 12.0. The lowest BCUT2D eigenvalue weighted by molar-refractivity contribution is -0.139. The summed E-state index contributed by atoms with van der Waals surface area (Å²) in [5.41, 5.74) is 2.97. The molecule has 2 aliphatic heterocycles. The SMILES string of the molecule is CCOC(=O)C1=C(CN2CCCN(C(=O)NC(C)C)CC2)N(C)C(=O)NC1c1cccc(C)c1. The zero-order valence-electron chi connectivity index (χ0n) is 20.9. The molecule has 34 heavy (non-hydrogen) atoms. The van der Waals surface area contributed by atoms with Crippen LogP contribution in [0.15, 0.2) is 35.5 Å². The molecule has 1 fully saturated rings. The van der Waals surface area contributed by atoms with Gasteiger partial charge >= 0.3 is 18.0 Å². The van der Waals surface area contributed by atoms with Gasteiger partial charge in [0, 0.05) is 51.5 Å². The zero-order chi connectivity index (χ0) is 24.8. The smallest absolute Gasteiger partial charge is 0.338 e. The van der Waals surface area contributed by atoms with Crippen molar-refractivity contribution in [1.82, 2.24) is 25.3 Å². The van der Waals surface area contributed by atoms with Gasteiger partial charge in [0.1, 0.15) is 0 Å². The first-order chi connectivity index (χ1) is 16.2. The van der Waals surface area contributed by atoms with E-state index in [1.807, 2.05) is 49.9 Å². The molecule has 0 spiro atoms. The van der Waals surface area contributed by atoms with Crippen LogP contribution in [0.2, 0.25) is 0 Å². The number of hydrogen-bond donors (Lipinski definition) is 2. The number of likely N-dealkylation sites (N-methyl/N-ethyl adjacent to an activating group) is 1. The number of esters is 1. The van der Waals surface area contributed by atoms with Gasteiger partial charge in [-0.1, -0.05) is 29.8 Å². The van der Waals surface area contributed by atoms with Crippen molar-refractivity contribution >= 4 is 18.0 Å². The Kier molecular flexibility index (Phi) is 8.55. The summed E-state index contributed by atoms with van der Waals surface area (Å²) >= 11 is 0. The Bertz CT molecular complexity index is 945. The Morgan fingerprint density at radius 1 is 1.21 bits per heavy atom. The summed E-state index contributed by atoms with van der Waals surface area (Å²) < 4.78 is 5.42. The topological polar surface area (TPSA) is 94.2 Å². The molecule has 0 bridgehead atoms. The van der Waals surface area contributed by atoms with Crippen molar-refractivity contribution in [2.75, 3.05) is 46.4 Å². The van der Waals surface area contributed by atoms with Gasteiger partial charge in [-0.2, -0.15) is 0 Å². The quantitative estimate of drug-likeness (QED) is 0.622. The predicted octanol–water partition coefficient (Wildman–Crippen LogP) is 2.63. The number of aryl methyl sites for hydroxylation is 1. The molecule has 9 heteroatoms. The number of hydrogen-bond acceptors (Lipinski definition) is 5. The number of benzene rings is 1. The van der Waals surface area contributed by atoms with Gasteiger partial charge in [0.05, 0.1) is 18.2 Å². The Morgan fingerprint density at radius 3 is 2.65 bits per heavy atom. The van der Waals surface area contributed by atoms with Crippen molar-refractivity contribution in [3.05, 3.63) is 46.7 Å². The Labute approximate surface area is 202 Å². The van der Waals surface area contributed by atoms with Gasteiger partial charge in [-0.05, 0) is 39.7 Å². The minimum absolute atomic E-state index is 0.0584. The van der Waals surface area contributed by atoms with Gasteiger partial charge in [-0.3, -0.25) is 9.80 Å². The maximum absolute atomic E-state index is 13.1. The second kappa shape index (κ2) is 11.4. The fourth-order valence-corrected chi connectivity index (χ4v) is 4.38. The number of urea groups is 2. The van der Waals surface area contributed by atoms with E-state index in [-0.39, 0.29) is 24.7 Å². The molecule has 0 radical (unpaired) electrons. The molecule has 1 unspecified atom stereocenters. The van der Waals surface area contributed by atoms with E-state index in [0.29, 0.717) is 37.4 Å². The van der Waals surface area contributed by atoms with Crippen LogP contribution in [-0.4, -0.2) is 85.2 Å². The lowest BCUT2D eigenvalue weighted by atomic mass is 9.93. The Balaban J connectivity index is 1.90. The maximum atomic E-state index is 13.1. The van der Waals surface area contributed by atoms with E-state index in [1.165, 1.54) is 4.90 Å². The van der Waals surface area contributed by atoms with Crippen LogP contribution in [0.25, 0.3) is 0 Å². The fourth-order valence-electron chi connectivity index (χ4n) is 4.38. The van der Waals surface area contributed by atoms with Gasteiger partial charge in [0.25, 0.3) is 0 Å². The number of carbonyl (C=O) groups excluding carboxylic acids is 3. The third kappa shape index (κ3) is 6.08. The fraction of sp³-hybridized carbons (Fsp3) is 0.560. The number of rotatable bonds is 6. The van der Waals surface area contributed by atoms with Crippen molar-refractivity contribution in [2.24, 2.45) is 0 Å². The minimum Gasteiger partial charge on any atom is -0.463 e. The lowest BCUT2D eigenvalue weighted by Gasteiger charge is -2.36. The molecule has 9 nitrogen and oxygen atoms in total. The van der Waals surface area contributed by atoms with Gasteiger partial charge < -0.3 is 20.3 Å². The summed E-state index contributed by atoms with van der Waals surface area (Å²) in [7, 11) is 1.68. The van der Waals surface area contributed by atoms with Crippen LogP contribution in [0.3, 0.4) is 0 Å². The van der Waals surface area contributed by atoms with E-state index in [0.717, 1.165) is 24.1 Å². The average Bonchev–Trinajstić information content (AvgIpc) is 3.02. The van der Waals surface area contributed by atoms with E-state index in [4.69, 9.17) is 4.74 Å². The molecule has 0 aromatic heterocycles. The van der Waals surface area contributed by atoms with Crippen LogP contribution in [-0.2, 0) is 9.53 Å². The molecule has 1 aromatic carbocycles. The second-order valence-electron chi connectivity index (χ2n) is 9.16. The standard InChI is InChI=1S/C25H37N5O4/c1-6-34-23(31)21-20(16-29-11-8-12-30(14-13-29)25(33)26-17(2)3)28(5)24(32)27-22(21)19-10-7-9-18(4)15-19/h7,9-10,15,17,22H,6,8,11-14,16H2,1-5H3,(H,26,33)(H,27,32). The first kappa shape index (κ1) is 25.6. The largest absolute Gasteiger partial charge is 0.463 e. The molecule has 1 aromatic rings. The van der Waals surface area contributed by atoms with Crippen LogP contribution in [0, 0.1) is 6.92 Å². The van der Waals surface area contributed by atoms with E-state index in [2.05, 4.69) is 15.5 Å². The number of amides is 4. The van der Waals surface area contributed by atoms with E-state index in [1.54, 1.807) is 14.0 Å². The summed E-state index contributed by atoms with van der Waals surface area (Å²) in [4.78, 5) is 44.0. The molecule has 2 heterocycles. The van der Waals surface area contributed by atoms with Crippen LogP contribution in [0.1, 0.15) is 44.4 Å². The van der Waals surface area contributed by atoms with Crippen molar-refractivity contribution in [2.45, 2.75) is 46.2 Å². The Hall–Kier alpha value is -3.07. The molecule has 2 aliphatic rings. The molecule has 4 amide bonds. The number of nitrogens with one attached hydrogen (secondary N) is 2. The summed E-state index contributed by atoms with van der Waals surface area (Å²) in [5, 5.41) is 5.92. The van der Waals surface area contributed by atoms with Crippen molar-refractivity contribution in [1.29, 1.82) is 0 Å². The highest BCUT2D eigenvalue weighted by atomic mass is 16.5. The summed E-state index contributed by atoms with van der Waals surface area (Å²) in [6, 6.07) is 6.97. The molecule has 186 valence electrons. The average molecular weight is 472 g/mol.